The molecule has 236 valence electrons. The number of carbonyl (C=O) groups excluding carboxylic acids is 1. The summed E-state index contributed by atoms with van der Waals surface area (Å²) in [7, 11) is -1.42. The molecule has 1 fully saturated rings. The molecule has 1 aromatic heterocycles. The number of aliphatic hydroxyl groups is 1. The van der Waals surface area contributed by atoms with Gasteiger partial charge in [0.1, 0.15) is 17.8 Å². The summed E-state index contributed by atoms with van der Waals surface area (Å²) in [4.78, 5) is 21.6. The predicted molar refractivity (Wildman–Crippen MR) is 167 cm³/mol. The van der Waals surface area contributed by atoms with Gasteiger partial charge in [0.2, 0.25) is 5.89 Å². The van der Waals surface area contributed by atoms with Crippen LogP contribution in [-0.2, 0) is 26.9 Å². The van der Waals surface area contributed by atoms with Gasteiger partial charge in [-0.1, -0.05) is 23.7 Å². The van der Waals surface area contributed by atoms with E-state index in [1.807, 2.05) is 17.0 Å². The lowest BCUT2D eigenvalue weighted by Crippen LogP contribution is -2.54. The van der Waals surface area contributed by atoms with E-state index in [9.17, 15) is 13.5 Å². The summed E-state index contributed by atoms with van der Waals surface area (Å²) >= 11 is 6.61. The van der Waals surface area contributed by atoms with Crippen LogP contribution in [0.25, 0.3) is 0 Å². The number of nitrogens with zero attached hydrogens (tertiary/aromatic N) is 3. The topological polar surface area (TPSA) is 134 Å². The number of hydrogen-bond acceptors (Lipinski definition) is 10. The Kier molecular flexibility index (Phi) is 8.59. The van der Waals surface area contributed by atoms with Gasteiger partial charge in [-0.15, -0.1) is 0 Å². The van der Waals surface area contributed by atoms with E-state index in [1.165, 1.54) is 44.7 Å². The molecule has 4 aromatic rings. The zero-order valence-electron chi connectivity index (χ0n) is 24.8. The third-order valence-corrected chi connectivity index (χ3v) is 10.3. The minimum Gasteiger partial charge on any atom is -0.497 e. The Morgan fingerprint density at radius 3 is 2.58 bits per heavy atom. The lowest BCUT2D eigenvalue weighted by Gasteiger charge is -2.41. The van der Waals surface area contributed by atoms with E-state index in [2.05, 4.69) is 10.3 Å². The number of aliphatic hydroxyl groups excluding tert-OH is 1. The largest absolute Gasteiger partial charge is 0.497 e. The highest BCUT2D eigenvalue weighted by Crippen LogP contribution is 2.56. The number of sulfonamides is 1. The van der Waals surface area contributed by atoms with Gasteiger partial charge in [-0.2, -0.15) is 0 Å². The number of anilines is 1. The van der Waals surface area contributed by atoms with Crippen molar-refractivity contribution in [1.29, 1.82) is 0 Å². The van der Waals surface area contributed by atoms with Crippen molar-refractivity contribution in [1.82, 2.24) is 15.2 Å². The molecule has 2 aliphatic rings. The Morgan fingerprint density at radius 1 is 1.09 bits per heavy atom. The van der Waals surface area contributed by atoms with E-state index in [4.69, 9.17) is 25.5 Å². The third-order valence-electron chi connectivity index (χ3n) is 8.35. The van der Waals surface area contributed by atoms with Crippen molar-refractivity contribution in [3.05, 3.63) is 101 Å². The standard InChI is InChI=1S/C32H33ClN4O7S/c1-42-23-7-9-24(10-8-23)45(40,41)37-27-12-6-22(33)19-26(27)32(31(37)39,36-15-3-4-28(36)30-35-14-17-44-30)25-11-5-21(18-29(25)43-2)20-34-13-16-38/h5-12,14,17-19,28,34,38H,3-4,13,15-16,20H2,1-2H3. The van der Waals surface area contributed by atoms with Gasteiger partial charge in [0.15, 0.2) is 5.54 Å². The van der Waals surface area contributed by atoms with Crippen LogP contribution in [0.4, 0.5) is 5.69 Å². The maximum absolute atomic E-state index is 15.3. The van der Waals surface area contributed by atoms with Gasteiger partial charge in [0.05, 0.1) is 43.6 Å². The second-order valence-electron chi connectivity index (χ2n) is 10.8. The molecular weight excluding hydrogens is 620 g/mol. The number of methoxy groups -OCH3 is 2. The van der Waals surface area contributed by atoms with Crippen LogP contribution in [0.5, 0.6) is 11.5 Å². The van der Waals surface area contributed by atoms with Crippen molar-refractivity contribution >= 4 is 33.2 Å². The average Bonchev–Trinajstić information content (AvgIpc) is 3.80. The van der Waals surface area contributed by atoms with Gasteiger partial charge in [0, 0.05) is 35.8 Å². The van der Waals surface area contributed by atoms with Crippen molar-refractivity contribution < 1.29 is 32.2 Å². The van der Waals surface area contributed by atoms with Crippen molar-refractivity contribution in [2.45, 2.75) is 35.9 Å². The Bertz CT molecular complexity index is 1800. The van der Waals surface area contributed by atoms with Crippen LogP contribution in [0.1, 0.15) is 41.5 Å². The number of aromatic nitrogens is 1. The summed E-state index contributed by atoms with van der Waals surface area (Å²) in [5, 5.41) is 12.7. The van der Waals surface area contributed by atoms with Crippen molar-refractivity contribution in [2.24, 2.45) is 0 Å². The molecule has 2 atom stereocenters. The fourth-order valence-electron chi connectivity index (χ4n) is 6.41. The average molecular weight is 653 g/mol. The number of hydrogen-bond donors (Lipinski definition) is 2. The summed E-state index contributed by atoms with van der Waals surface area (Å²) in [6.07, 6.45) is 4.36. The number of nitrogens with one attached hydrogen (secondary N) is 1. The molecular formula is C32H33ClN4O7S. The maximum Gasteiger partial charge on any atom is 0.271 e. The second kappa shape index (κ2) is 12.5. The van der Waals surface area contributed by atoms with E-state index < -0.39 is 27.5 Å². The summed E-state index contributed by atoms with van der Waals surface area (Å²) in [6.45, 7) is 1.27. The smallest absolute Gasteiger partial charge is 0.271 e. The van der Waals surface area contributed by atoms with E-state index in [0.29, 0.717) is 66.0 Å². The van der Waals surface area contributed by atoms with Gasteiger partial charge in [-0.05, 0) is 66.9 Å². The molecule has 6 rings (SSSR count). The number of rotatable bonds is 11. The molecule has 0 spiro atoms. The minimum atomic E-state index is -4.42. The molecule has 0 aliphatic carbocycles. The highest BCUT2D eigenvalue weighted by Gasteiger charge is 2.62. The molecule has 45 heavy (non-hydrogen) atoms. The molecule has 2 aliphatic heterocycles. The minimum absolute atomic E-state index is 0.0138. The molecule has 0 saturated carbocycles. The Hall–Kier alpha value is -3.94. The van der Waals surface area contributed by atoms with E-state index in [1.54, 1.807) is 30.5 Å². The Balaban J connectivity index is 1.61. The number of benzene rings is 3. The number of fused-ring (bicyclic) bond motifs is 1. The number of halogens is 1. The summed E-state index contributed by atoms with van der Waals surface area (Å²) in [5.41, 5.74) is 0.214. The molecule has 1 saturated heterocycles. The first-order chi connectivity index (χ1) is 21.8. The first-order valence-electron chi connectivity index (χ1n) is 14.5. The number of amides is 1. The summed E-state index contributed by atoms with van der Waals surface area (Å²) < 4.78 is 46.6. The maximum atomic E-state index is 15.3. The zero-order chi connectivity index (χ0) is 31.8. The first kappa shape index (κ1) is 31.1. The van der Waals surface area contributed by atoms with E-state index in [-0.39, 0.29) is 17.2 Å². The van der Waals surface area contributed by atoms with Gasteiger partial charge in [0.25, 0.3) is 15.9 Å². The monoisotopic (exact) mass is 652 g/mol. The van der Waals surface area contributed by atoms with Crippen LogP contribution < -0.4 is 19.1 Å². The Morgan fingerprint density at radius 2 is 1.89 bits per heavy atom. The quantitative estimate of drug-likeness (QED) is 0.227. The highest BCUT2D eigenvalue weighted by atomic mass is 35.5. The number of likely N-dealkylation sites (tertiary alicyclic amines) is 1. The Labute approximate surface area is 266 Å². The predicted octanol–water partition coefficient (Wildman–Crippen LogP) is 4.24. The lowest BCUT2D eigenvalue weighted by molar-refractivity contribution is -0.127. The number of carbonyl (C=O) groups is 1. The normalized spacial score (nSPS) is 20.0. The molecule has 3 aromatic carbocycles. The fourth-order valence-corrected chi connectivity index (χ4v) is 8.04. The molecule has 0 bridgehead atoms. The summed E-state index contributed by atoms with van der Waals surface area (Å²) in [5.74, 6) is 0.591. The molecule has 2 unspecified atom stereocenters. The lowest BCUT2D eigenvalue weighted by atomic mass is 9.80. The zero-order valence-corrected chi connectivity index (χ0v) is 26.3. The number of ether oxygens (including phenoxy) is 2. The van der Waals surface area contributed by atoms with E-state index in [0.717, 1.165) is 9.87 Å². The molecule has 13 heteroatoms. The van der Waals surface area contributed by atoms with Gasteiger partial charge in [-0.25, -0.2) is 17.7 Å². The van der Waals surface area contributed by atoms with Gasteiger partial charge < -0.3 is 24.3 Å². The van der Waals surface area contributed by atoms with Crippen LogP contribution >= 0.6 is 11.6 Å². The van der Waals surface area contributed by atoms with Gasteiger partial charge >= 0.3 is 0 Å². The molecule has 2 N–H and O–H groups in total. The van der Waals surface area contributed by atoms with Crippen molar-refractivity contribution in [3.63, 3.8) is 0 Å². The van der Waals surface area contributed by atoms with Crippen LogP contribution in [0.2, 0.25) is 5.02 Å². The van der Waals surface area contributed by atoms with Crippen LogP contribution in [0.3, 0.4) is 0 Å². The molecule has 1 amide bonds. The first-order valence-corrected chi connectivity index (χ1v) is 16.3. The van der Waals surface area contributed by atoms with Crippen molar-refractivity contribution in [3.8, 4) is 11.5 Å². The molecule has 11 nitrogen and oxygen atoms in total. The van der Waals surface area contributed by atoms with Crippen LogP contribution in [0.15, 0.2) is 82.4 Å². The van der Waals surface area contributed by atoms with E-state index >= 15 is 4.79 Å². The molecule has 0 radical (unpaired) electrons. The highest BCUT2D eigenvalue weighted by molar-refractivity contribution is 7.93. The van der Waals surface area contributed by atoms with Crippen molar-refractivity contribution in [2.75, 3.05) is 38.2 Å². The number of oxazole rings is 1. The molecule has 3 heterocycles. The summed E-state index contributed by atoms with van der Waals surface area (Å²) in [6, 6.07) is 15.7. The fraction of sp³-hybridized carbons (Fsp3) is 0.312. The SMILES string of the molecule is COc1ccc(S(=O)(=O)N2C(=O)C(c3ccc(CNCCO)cc3OC)(N3CCCC3c3ncco3)c3cc(Cl)ccc32)cc1. The second-order valence-corrected chi connectivity index (χ2v) is 13.0. The van der Waals surface area contributed by atoms with Crippen LogP contribution in [0, 0.1) is 0 Å². The van der Waals surface area contributed by atoms with Crippen LogP contribution in [-0.4, -0.2) is 63.2 Å². The van der Waals surface area contributed by atoms with Gasteiger partial charge in [-0.3, -0.25) is 9.69 Å². The third kappa shape index (κ3) is 5.16.